The van der Waals surface area contributed by atoms with Crippen molar-refractivity contribution in [2.45, 2.75) is 39.0 Å². The molecule has 0 unspecified atom stereocenters. The van der Waals surface area contributed by atoms with E-state index < -0.39 is 5.97 Å². The van der Waals surface area contributed by atoms with Gasteiger partial charge in [0.25, 0.3) is 0 Å². The summed E-state index contributed by atoms with van der Waals surface area (Å²) in [7, 11) is 0. The molecule has 0 saturated carbocycles. The maximum Gasteiger partial charge on any atom is 0.346 e. The van der Waals surface area contributed by atoms with Crippen LogP contribution in [-0.2, 0) is 11.2 Å². The number of rotatable bonds is 9. The number of carboxylic acid groups (broad SMARTS) is 1. The van der Waals surface area contributed by atoms with Crippen LogP contribution in [0.15, 0.2) is 42.0 Å². The van der Waals surface area contributed by atoms with Crippen molar-refractivity contribution in [2.75, 3.05) is 0 Å². The van der Waals surface area contributed by atoms with Crippen molar-refractivity contribution in [1.82, 2.24) is 0 Å². The number of aryl methyl sites for hydroxylation is 1. The molecule has 0 bridgehead atoms. The van der Waals surface area contributed by atoms with Crippen LogP contribution in [0.5, 0.6) is 0 Å². The summed E-state index contributed by atoms with van der Waals surface area (Å²) < 4.78 is 2.24. The molecule has 0 aliphatic heterocycles. The lowest BCUT2D eigenvalue weighted by Gasteiger charge is -1.96. The Morgan fingerprint density at radius 3 is 2.35 bits per heavy atom. The third-order valence-electron chi connectivity index (χ3n) is 4.89. The van der Waals surface area contributed by atoms with E-state index in [0.717, 1.165) is 14.3 Å². The first-order valence-electron chi connectivity index (χ1n) is 10.1. The molecular weight excluding hydrogens is 463 g/mol. The van der Waals surface area contributed by atoms with E-state index in [1.807, 2.05) is 28.7 Å². The number of aliphatic carboxylic acids is 1. The molecular formula is C24H21NO2S4. The van der Waals surface area contributed by atoms with Gasteiger partial charge < -0.3 is 5.11 Å². The van der Waals surface area contributed by atoms with Gasteiger partial charge >= 0.3 is 5.97 Å². The predicted octanol–water partition coefficient (Wildman–Crippen LogP) is 8.53. The standard InChI is InChI=1S/C24H21NO2S4/c1-2-3-4-5-6-16-7-8-18(28-16)19-9-10-20(30-19)22-13-23-21(31-22)12-17(29-23)11-15(14-25)24(26)27/h7-13H,2-6H2,1H3,(H,26,27)/b15-11-. The van der Waals surface area contributed by atoms with Gasteiger partial charge in [0.1, 0.15) is 11.6 Å². The molecule has 0 aromatic carbocycles. The molecule has 0 spiro atoms. The molecule has 0 aliphatic rings. The molecule has 0 aliphatic carbocycles. The molecule has 0 saturated heterocycles. The van der Waals surface area contributed by atoms with Crippen LogP contribution in [0.3, 0.4) is 0 Å². The minimum Gasteiger partial charge on any atom is -0.477 e. The maximum atomic E-state index is 11.0. The van der Waals surface area contributed by atoms with E-state index in [0.29, 0.717) is 0 Å². The Hall–Kier alpha value is -2.24. The lowest BCUT2D eigenvalue weighted by molar-refractivity contribution is -0.132. The average Bonchev–Trinajstić information content (AvgIpc) is 3.51. The lowest BCUT2D eigenvalue weighted by Crippen LogP contribution is -1.96. The first-order valence-corrected chi connectivity index (χ1v) is 13.4. The molecule has 0 atom stereocenters. The van der Waals surface area contributed by atoms with Crippen LogP contribution in [0.25, 0.3) is 35.0 Å². The Kier molecular flexibility index (Phi) is 7.03. The number of fused-ring (bicyclic) bond motifs is 1. The minimum atomic E-state index is -1.19. The second-order valence-corrected chi connectivity index (χ2v) is 11.7. The topological polar surface area (TPSA) is 61.1 Å². The van der Waals surface area contributed by atoms with Crippen molar-refractivity contribution in [3.63, 3.8) is 0 Å². The van der Waals surface area contributed by atoms with Crippen LogP contribution in [0.1, 0.15) is 42.4 Å². The number of carboxylic acids is 1. The van der Waals surface area contributed by atoms with Gasteiger partial charge in [-0.1, -0.05) is 26.2 Å². The minimum absolute atomic E-state index is 0.238. The van der Waals surface area contributed by atoms with Crippen LogP contribution in [0.4, 0.5) is 0 Å². The number of nitriles is 1. The monoisotopic (exact) mass is 483 g/mol. The molecule has 1 N–H and O–H groups in total. The summed E-state index contributed by atoms with van der Waals surface area (Å²) in [5.41, 5.74) is -0.238. The Bertz CT molecular complexity index is 1250. The second-order valence-electron chi connectivity index (χ2n) is 7.20. The van der Waals surface area contributed by atoms with Gasteiger partial charge in [0.2, 0.25) is 0 Å². The highest BCUT2D eigenvalue weighted by Crippen LogP contribution is 2.43. The van der Waals surface area contributed by atoms with Gasteiger partial charge in [0.15, 0.2) is 0 Å². The zero-order chi connectivity index (χ0) is 21.8. The van der Waals surface area contributed by atoms with Gasteiger partial charge in [0.05, 0.1) is 0 Å². The summed E-state index contributed by atoms with van der Waals surface area (Å²) in [6, 6.07) is 14.8. The maximum absolute atomic E-state index is 11.0. The summed E-state index contributed by atoms with van der Waals surface area (Å²) >= 11 is 6.95. The number of hydrogen-bond donors (Lipinski definition) is 1. The molecule has 4 aromatic rings. The zero-order valence-electron chi connectivity index (χ0n) is 17.0. The molecule has 0 amide bonds. The van der Waals surface area contributed by atoms with Crippen LogP contribution < -0.4 is 0 Å². The summed E-state index contributed by atoms with van der Waals surface area (Å²) in [6.45, 7) is 2.24. The third kappa shape index (κ3) is 5.16. The Morgan fingerprint density at radius 1 is 0.935 bits per heavy atom. The van der Waals surface area contributed by atoms with E-state index >= 15 is 0 Å². The van der Waals surface area contributed by atoms with Gasteiger partial charge in [-0.3, -0.25) is 0 Å². The van der Waals surface area contributed by atoms with Crippen molar-refractivity contribution in [1.29, 1.82) is 5.26 Å². The fourth-order valence-corrected chi connectivity index (χ4v) is 7.88. The normalized spacial score (nSPS) is 11.8. The number of thiophene rings is 4. The van der Waals surface area contributed by atoms with Crippen molar-refractivity contribution < 1.29 is 9.90 Å². The quantitative estimate of drug-likeness (QED) is 0.147. The number of hydrogen-bond acceptors (Lipinski definition) is 6. The van der Waals surface area contributed by atoms with E-state index in [1.54, 1.807) is 17.4 Å². The molecule has 31 heavy (non-hydrogen) atoms. The molecule has 4 aromatic heterocycles. The Labute approximate surface area is 197 Å². The highest BCUT2D eigenvalue weighted by molar-refractivity contribution is 7.32. The van der Waals surface area contributed by atoms with Crippen LogP contribution in [0, 0.1) is 11.3 Å². The molecule has 0 radical (unpaired) electrons. The van der Waals surface area contributed by atoms with Gasteiger partial charge in [-0.2, -0.15) is 5.26 Å². The van der Waals surface area contributed by atoms with E-state index in [1.165, 1.54) is 73.9 Å². The largest absolute Gasteiger partial charge is 0.477 e. The van der Waals surface area contributed by atoms with Crippen molar-refractivity contribution >= 4 is 66.8 Å². The average molecular weight is 484 g/mol. The van der Waals surface area contributed by atoms with Gasteiger partial charge in [-0.15, -0.1) is 45.3 Å². The van der Waals surface area contributed by atoms with E-state index in [2.05, 4.69) is 37.3 Å². The zero-order valence-corrected chi connectivity index (χ0v) is 20.3. The van der Waals surface area contributed by atoms with Crippen molar-refractivity contribution in [2.24, 2.45) is 0 Å². The van der Waals surface area contributed by atoms with Crippen molar-refractivity contribution in [3.05, 3.63) is 51.7 Å². The summed E-state index contributed by atoms with van der Waals surface area (Å²) in [4.78, 5) is 18.4. The number of carbonyl (C=O) groups is 1. The SMILES string of the molecule is CCCCCCc1ccc(-c2ccc(-c3cc4sc(/C=C(/C#N)C(=O)O)cc4s3)s2)s1. The fourth-order valence-electron chi connectivity index (χ4n) is 3.30. The van der Waals surface area contributed by atoms with E-state index in [4.69, 9.17) is 10.4 Å². The fraction of sp³-hybridized carbons (Fsp3) is 0.250. The highest BCUT2D eigenvalue weighted by atomic mass is 32.1. The van der Waals surface area contributed by atoms with Gasteiger partial charge in [-0.05, 0) is 55.3 Å². The first kappa shape index (κ1) is 22.0. The summed E-state index contributed by atoms with van der Waals surface area (Å²) in [5.74, 6) is -1.19. The van der Waals surface area contributed by atoms with E-state index in [-0.39, 0.29) is 5.57 Å². The Balaban J connectivity index is 1.49. The van der Waals surface area contributed by atoms with Crippen molar-refractivity contribution in [3.8, 4) is 25.6 Å². The van der Waals surface area contributed by atoms with Crippen LogP contribution >= 0.6 is 45.3 Å². The molecule has 0 fully saturated rings. The van der Waals surface area contributed by atoms with Crippen LogP contribution in [-0.4, -0.2) is 11.1 Å². The molecule has 4 heterocycles. The smallest absolute Gasteiger partial charge is 0.346 e. The first-order chi connectivity index (χ1) is 15.1. The highest BCUT2D eigenvalue weighted by Gasteiger charge is 2.13. The summed E-state index contributed by atoms with van der Waals surface area (Å²) in [5, 5.41) is 18.0. The molecule has 7 heteroatoms. The lowest BCUT2D eigenvalue weighted by atomic mass is 10.1. The van der Waals surface area contributed by atoms with Crippen LogP contribution in [0.2, 0.25) is 0 Å². The van der Waals surface area contributed by atoms with Gasteiger partial charge in [-0.25, -0.2) is 4.79 Å². The van der Waals surface area contributed by atoms with E-state index in [9.17, 15) is 4.79 Å². The molecule has 158 valence electrons. The summed E-state index contributed by atoms with van der Waals surface area (Å²) in [6.07, 6.45) is 7.80. The third-order valence-corrected chi connectivity index (χ3v) is 9.76. The molecule has 4 rings (SSSR count). The Morgan fingerprint density at radius 2 is 1.65 bits per heavy atom. The number of nitrogens with zero attached hydrogens (tertiary/aromatic N) is 1. The number of unbranched alkanes of at least 4 members (excludes halogenated alkanes) is 3. The second kappa shape index (κ2) is 9.92. The predicted molar refractivity (Wildman–Crippen MR) is 135 cm³/mol. The van der Waals surface area contributed by atoms with Gasteiger partial charge in [0, 0.05) is 38.7 Å². The molecule has 3 nitrogen and oxygen atoms in total.